The molecule has 0 saturated carbocycles. The molecule has 19 heavy (non-hydrogen) atoms. The lowest BCUT2D eigenvalue weighted by Crippen LogP contribution is -2.63. The molecule has 1 atom stereocenters. The lowest BCUT2D eigenvalue weighted by atomic mass is 9.75. The van der Waals surface area contributed by atoms with Gasteiger partial charge in [0.1, 0.15) is 0 Å². The highest BCUT2D eigenvalue weighted by molar-refractivity contribution is 5.87. The Balaban J connectivity index is 1.78. The van der Waals surface area contributed by atoms with Crippen LogP contribution >= 0.6 is 0 Å². The zero-order valence-electron chi connectivity index (χ0n) is 11.9. The minimum Gasteiger partial charge on any atom is -0.386 e. The van der Waals surface area contributed by atoms with Crippen LogP contribution in [0.2, 0.25) is 0 Å². The summed E-state index contributed by atoms with van der Waals surface area (Å²) in [5.74, 6) is 0.218. The molecule has 5 nitrogen and oxygen atoms in total. The normalized spacial score (nSPS) is 34.1. The van der Waals surface area contributed by atoms with Crippen LogP contribution in [0.4, 0.5) is 0 Å². The van der Waals surface area contributed by atoms with Crippen LogP contribution in [0.25, 0.3) is 0 Å². The highest BCUT2D eigenvalue weighted by atomic mass is 16.3. The molecule has 0 spiro atoms. The number of likely N-dealkylation sites (N-methyl/N-ethyl adjacent to an activating group) is 1. The quantitative estimate of drug-likeness (QED) is 0.670. The highest BCUT2D eigenvalue weighted by Crippen LogP contribution is 2.35. The zero-order chi connectivity index (χ0) is 13.9. The van der Waals surface area contributed by atoms with Crippen LogP contribution in [-0.4, -0.2) is 73.2 Å². The first-order valence-corrected chi connectivity index (χ1v) is 7.03. The fourth-order valence-electron chi connectivity index (χ4n) is 3.01. The molecule has 0 aromatic rings. The van der Waals surface area contributed by atoms with Crippen LogP contribution in [0.5, 0.6) is 0 Å². The Morgan fingerprint density at radius 2 is 2.16 bits per heavy atom. The molecular formula is C14H25N3O2. The summed E-state index contributed by atoms with van der Waals surface area (Å²) in [5.41, 5.74) is -0.735. The Morgan fingerprint density at radius 3 is 2.68 bits per heavy atom. The van der Waals surface area contributed by atoms with E-state index in [9.17, 15) is 9.90 Å². The standard InChI is InChI=1S/C14H25N3O2/c1-16(2)7-3-4-13(18)15-10-14(19)11-17-8-5-12(14)6-9-17/h3-4,12,19H,5-11H2,1-2H3,(H,15,18)/b4-3+. The summed E-state index contributed by atoms with van der Waals surface area (Å²) < 4.78 is 0. The number of nitrogens with zero attached hydrogens (tertiary/aromatic N) is 2. The van der Waals surface area contributed by atoms with Gasteiger partial charge < -0.3 is 20.2 Å². The molecule has 1 unspecified atom stereocenters. The molecule has 0 aromatic carbocycles. The molecule has 1 amide bonds. The largest absolute Gasteiger partial charge is 0.386 e. The summed E-state index contributed by atoms with van der Waals surface area (Å²) in [7, 11) is 3.91. The van der Waals surface area contributed by atoms with Crippen LogP contribution in [0.15, 0.2) is 12.2 Å². The Kier molecular flexibility index (Phi) is 4.60. The van der Waals surface area contributed by atoms with Crippen LogP contribution in [-0.2, 0) is 4.79 Å². The van der Waals surface area contributed by atoms with Crippen LogP contribution in [0.1, 0.15) is 12.8 Å². The van der Waals surface area contributed by atoms with Crippen molar-refractivity contribution in [2.75, 3.05) is 46.8 Å². The van der Waals surface area contributed by atoms with Crippen molar-refractivity contribution in [3.05, 3.63) is 12.2 Å². The third-order valence-corrected chi connectivity index (χ3v) is 4.15. The van der Waals surface area contributed by atoms with Crippen molar-refractivity contribution in [1.82, 2.24) is 15.1 Å². The van der Waals surface area contributed by atoms with Crippen molar-refractivity contribution < 1.29 is 9.90 Å². The SMILES string of the molecule is CN(C)C/C=C/C(=O)NCC1(O)CN2CCC1CC2. The lowest BCUT2D eigenvalue weighted by molar-refractivity contribution is -0.126. The molecule has 3 rings (SSSR count). The number of aliphatic hydroxyl groups is 1. The van der Waals surface area contributed by atoms with E-state index in [0.29, 0.717) is 19.0 Å². The molecule has 2 N–H and O–H groups in total. The predicted octanol–water partition coefficient (Wildman–Crippen LogP) is -0.323. The van der Waals surface area contributed by atoms with Crippen molar-refractivity contribution in [2.45, 2.75) is 18.4 Å². The molecule has 0 aliphatic carbocycles. The van der Waals surface area contributed by atoms with Crippen molar-refractivity contribution in [1.29, 1.82) is 0 Å². The summed E-state index contributed by atoms with van der Waals surface area (Å²) in [4.78, 5) is 16.0. The third-order valence-electron chi connectivity index (χ3n) is 4.15. The molecule has 3 aliphatic heterocycles. The van der Waals surface area contributed by atoms with Gasteiger partial charge in [-0.1, -0.05) is 6.08 Å². The first kappa shape index (κ1) is 14.5. The molecule has 3 heterocycles. The van der Waals surface area contributed by atoms with Gasteiger partial charge in [0.2, 0.25) is 5.91 Å². The number of fused-ring (bicyclic) bond motifs is 3. The van der Waals surface area contributed by atoms with Gasteiger partial charge in [0.15, 0.2) is 0 Å². The van der Waals surface area contributed by atoms with Crippen LogP contribution in [0.3, 0.4) is 0 Å². The maximum atomic E-state index is 11.7. The summed E-state index contributed by atoms with van der Waals surface area (Å²) >= 11 is 0. The van der Waals surface area contributed by atoms with Gasteiger partial charge in [-0.25, -0.2) is 0 Å². The van der Waals surface area contributed by atoms with E-state index < -0.39 is 5.60 Å². The average Bonchev–Trinajstić information content (AvgIpc) is 2.37. The minimum absolute atomic E-state index is 0.119. The maximum Gasteiger partial charge on any atom is 0.243 e. The smallest absolute Gasteiger partial charge is 0.243 e. The third kappa shape index (κ3) is 3.78. The number of carbonyl (C=O) groups excluding carboxylic acids is 1. The van der Waals surface area contributed by atoms with Gasteiger partial charge in [-0.15, -0.1) is 0 Å². The Morgan fingerprint density at radius 1 is 1.47 bits per heavy atom. The summed E-state index contributed by atoms with van der Waals surface area (Å²) in [5, 5.41) is 13.5. The van der Waals surface area contributed by atoms with E-state index in [0.717, 1.165) is 32.5 Å². The Bertz CT molecular complexity index is 349. The molecule has 3 saturated heterocycles. The van der Waals surface area contributed by atoms with Gasteiger partial charge in [0.25, 0.3) is 0 Å². The van der Waals surface area contributed by atoms with Gasteiger partial charge in [-0.3, -0.25) is 4.79 Å². The molecule has 2 bridgehead atoms. The van der Waals surface area contributed by atoms with Crippen LogP contribution in [0, 0.1) is 5.92 Å². The van der Waals surface area contributed by atoms with E-state index >= 15 is 0 Å². The number of nitrogens with one attached hydrogen (secondary N) is 1. The second-order valence-electron chi connectivity index (χ2n) is 6.04. The number of rotatable bonds is 5. The van der Waals surface area contributed by atoms with Gasteiger partial charge >= 0.3 is 0 Å². The number of piperidine rings is 3. The fourth-order valence-corrected chi connectivity index (χ4v) is 3.01. The van der Waals surface area contributed by atoms with Gasteiger partial charge in [0.05, 0.1) is 5.60 Å². The lowest BCUT2D eigenvalue weighted by Gasteiger charge is -2.50. The van der Waals surface area contributed by atoms with Crippen molar-refractivity contribution in [2.24, 2.45) is 5.92 Å². The van der Waals surface area contributed by atoms with E-state index in [1.165, 1.54) is 0 Å². The molecule has 0 aromatic heterocycles. The molecule has 108 valence electrons. The maximum absolute atomic E-state index is 11.7. The van der Waals surface area contributed by atoms with Gasteiger partial charge in [-0.2, -0.15) is 0 Å². The average molecular weight is 267 g/mol. The molecular weight excluding hydrogens is 242 g/mol. The summed E-state index contributed by atoms with van der Waals surface area (Å²) in [6, 6.07) is 0. The summed E-state index contributed by atoms with van der Waals surface area (Å²) in [6.07, 6.45) is 5.46. The van der Waals surface area contributed by atoms with Crippen LogP contribution < -0.4 is 5.32 Å². The van der Waals surface area contributed by atoms with E-state index in [4.69, 9.17) is 0 Å². The molecule has 5 heteroatoms. The zero-order valence-corrected chi connectivity index (χ0v) is 11.9. The monoisotopic (exact) mass is 267 g/mol. The summed E-state index contributed by atoms with van der Waals surface area (Å²) in [6.45, 7) is 3.97. The Hall–Kier alpha value is -0.910. The first-order valence-electron chi connectivity index (χ1n) is 7.03. The molecule has 3 aliphatic rings. The topological polar surface area (TPSA) is 55.8 Å². The Labute approximate surface area is 115 Å². The van der Waals surface area contributed by atoms with Crippen molar-refractivity contribution in [3.63, 3.8) is 0 Å². The molecule has 3 fully saturated rings. The number of hydrogen-bond donors (Lipinski definition) is 2. The molecule has 0 radical (unpaired) electrons. The van der Waals surface area contributed by atoms with Crippen molar-refractivity contribution in [3.8, 4) is 0 Å². The number of carbonyl (C=O) groups is 1. The minimum atomic E-state index is -0.735. The predicted molar refractivity (Wildman–Crippen MR) is 74.8 cm³/mol. The highest BCUT2D eigenvalue weighted by Gasteiger charge is 2.45. The van der Waals surface area contributed by atoms with E-state index in [2.05, 4.69) is 10.2 Å². The van der Waals surface area contributed by atoms with Gasteiger partial charge in [0, 0.05) is 25.7 Å². The first-order chi connectivity index (χ1) is 8.99. The second kappa shape index (κ2) is 6.03. The second-order valence-corrected chi connectivity index (χ2v) is 6.04. The van der Waals surface area contributed by atoms with Gasteiger partial charge in [-0.05, 0) is 45.9 Å². The number of amides is 1. The van der Waals surface area contributed by atoms with E-state index in [1.807, 2.05) is 25.1 Å². The number of hydrogen-bond acceptors (Lipinski definition) is 4. The fraction of sp³-hybridized carbons (Fsp3) is 0.786. The van der Waals surface area contributed by atoms with E-state index in [-0.39, 0.29) is 5.91 Å². The van der Waals surface area contributed by atoms with E-state index in [1.54, 1.807) is 6.08 Å². The van der Waals surface area contributed by atoms with Crippen molar-refractivity contribution >= 4 is 5.91 Å².